The van der Waals surface area contributed by atoms with Crippen LogP contribution in [0.15, 0.2) is 16.6 Å². The van der Waals surface area contributed by atoms with Gasteiger partial charge in [0.25, 0.3) is 0 Å². The van der Waals surface area contributed by atoms with Gasteiger partial charge in [-0.05, 0) is 18.6 Å². The molecule has 0 aliphatic rings. The van der Waals surface area contributed by atoms with Gasteiger partial charge in [0.1, 0.15) is 0 Å². The maximum Gasteiger partial charge on any atom is 0.224 e. The van der Waals surface area contributed by atoms with E-state index in [0.29, 0.717) is 22.2 Å². The van der Waals surface area contributed by atoms with Crippen LogP contribution in [0.1, 0.15) is 19.8 Å². The zero-order chi connectivity index (χ0) is 11.4. The molecule has 0 saturated carbocycles. The summed E-state index contributed by atoms with van der Waals surface area (Å²) in [6, 6.07) is 3.38. The second kappa shape index (κ2) is 5.73. The molecule has 5 heteroatoms. The summed E-state index contributed by atoms with van der Waals surface area (Å²) >= 11 is 15.2. The Labute approximate surface area is 107 Å². The molecule has 1 N–H and O–H groups in total. The van der Waals surface area contributed by atoms with Gasteiger partial charge in [0.15, 0.2) is 0 Å². The van der Waals surface area contributed by atoms with E-state index in [9.17, 15) is 4.79 Å². The number of carbonyl (C=O) groups is 1. The molecule has 0 heterocycles. The van der Waals surface area contributed by atoms with Gasteiger partial charge < -0.3 is 5.32 Å². The van der Waals surface area contributed by atoms with Crippen LogP contribution < -0.4 is 5.32 Å². The molecule has 82 valence electrons. The first-order chi connectivity index (χ1) is 7.04. The van der Waals surface area contributed by atoms with Crippen LogP contribution >= 0.6 is 39.1 Å². The molecular formula is C10H10BrCl2NO. The number of halogens is 3. The lowest BCUT2D eigenvalue weighted by Crippen LogP contribution is -2.11. The molecule has 0 aliphatic heterocycles. The van der Waals surface area contributed by atoms with E-state index >= 15 is 0 Å². The van der Waals surface area contributed by atoms with Crippen LogP contribution in [0.4, 0.5) is 5.69 Å². The Morgan fingerprint density at radius 1 is 1.40 bits per heavy atom. The molecule has 0 fully saturated rings. The normalized spacial score (nSPS) is 10.1. The van der Waals surface area contributed by atoms with Crippen LogP contribution in [0.3, 0.4) is 0 Å². The molecule has 0 saturated heterocycles. The molecule has 1 rings (SSSR count). The molecule has 0 aromatic heterocycles. The fourth-order valence-electron chi connectivity index (χ4n) is 1.09. The molecule has 0 bridgehead atoms. The Hall–Kier alpha value is -0.250. The van der Waals surface area contributed by atoms with Crippen molar-refractivity contribution < 1.29 is 4.79 Å². The lowest BCUT2D eigenvalue weighted by atomic mass is 10.3. The van der Waals surface area contributed by atoms with Crippen molar-refractivity contribution in [3.05, 3.63) is 26.7 Å². The third kappa shape index (κ3) is 3.67. The number of nitrogens with one attached hydrogen (secondary N) is 1. The maximum atomic E-state index is 11.4. The number of anilines is 1. The van der Waals surface area contributed by atoms with E-state index in [2.05, 4.69) is 21.2 Å². The Balaban J connectivity index is 2.90. The number of hydrogen-bond donors (Lipinski definition) is 1. The van der Waals surface area contributed by atoms with Gasteiger partial charge in [0.2, 0.25) is 5.91 Å². The van der Waals surface area contributed by atoms with Crippen LogP contribution in [0.5, 0.6) is 0 Å². The molecule has 1 aromatic rings. The van der Waals surface area contributed by atoms with Crippen LogP contribution in [0, 0.1) is 0 Å². The molecule has 0 aliphatic carbocycles. The third-order valence-electron chi connectivity index (χ3n) is 1.75. The summed E-state index contributed by atoms with van der Waals surface area (Å²) in [6.07, 6.45) is 1.25. The first-order valence-electron chi connectivity index (χ1n) is 4.49. The molecule has 0 unspecified atom stereocenters. The maximum absolute atomic E-state index is 11.4. The molecular weight excluding hydrogens is 301 g/mol. The number of amides is 1. The Morgan fingerprint density at radius 2 is 1.93 bits per heavy atom. The number of benzene rings is 1. The largest absolute Gasteiger partial charge is 0.324 e. The summed E-state index contributed by atoms with van der Waals surface area (Å²) < 4.78 is 0.783. The monoisotopic (exact) mass is 309 g/mol. The summed E-state index contributed by atoms with van der Waals surface area (Å²) in [7, 11) is 0. The van der Waals surface area contributed by atoms with Gasteiger partial charge in [-0.2, -0.15) is 0 Å². The zero-order valence-corrected chi connectivity index (χ0v) is 11.2. The van der Waals surface area contributed by atoms with Gasteiger partial charge >= 0.3 is 0 Å². The minimum absolute atomic E-state index is 0.0800. The van der Waals surface area contributed by atoms with Crippen LogP contribution in [-0.4, -0.2) is 5.91 Å². The summed E-state index contributed by atoms with van der Waals surface area (Å²) in [5.74, 6) is -0.0800. The average molecular weight is 311 g/mol. The quantitative estimate of drug-likeness (QED) is 0.875. The van der Waals surface area contributed by atoms with Crippen molar-refractivity contribution in [1.29, 1.82) is 0 Å². The average Bonchev–Trinajstić information content (AvgIpc) is 2.11. The number of carbonyl (C=O) groups excluding carboxylic acids is 1. The fourth-order valence-corrected chi connectivity index (χ4v) is 2.39. The molecule has 0 radical (unpaired) electrons. The minimum Gasteiger partial charge on any atom is -0.324 e. The summed E-state index contributed by atoms with van der Waals surface area (Å²) in [5, 5.41) is 3.54. The predicted molar refractivity (Wildman–Crippen MR) is 67.7 cm³/mol. The van der Waals surface area contributed by atoms with E-state index in [1.165, 1.54) is 0 Å². The first-order valence-corrected chi connectivity index (χ1v) is 6.04. The Kier molecular flexibility index (Phi) is 4.90. The van der Waals surface area contributed by atoms with Gasteiger partial charge in [0.05, 0.1) is 15.7 Å². The highest BCUT2D eigenvalue weighted by Gasteiger charge is 2.10. The van der Waals surface area contributed by atoms with Crippen LogP contribution in [-0.2, 0) is 4.79 Å². The zero-order valence-electron chi connectivity index (χ0n) is 8.11. The van der Waals surface area contributed by atoms with Crippen molar-refractivity contribution in [1.82, 2.24) is 0 Å². The van der Waals surface area contributed by atoms with Crippen molar-refractivity contribution in [2.45, 2.75) is 19.8 Å². The molecule has 0 spiro atoms. The second-order valence-corrected chi connectivity index (χ2v) is 4.77. The predicted octanol–water partition coefficient (Wildman–Crippen LogP) is 4.49. The van der Waals surface area contributed by atoms with E-state index in [1.807, 2.05) is 6.92 Å². The van der Waals surface area contributed by atoms with Crippen molar-refractivity contribution in [3.8, 4) is 0 Å². The molecule has 2 nitrogen and oxygen atoms in total. The standard InChI is InChI=1S/C10H10BrCl2NO/c1-2-3-9(15)14-10-7(12)4-6(11)5-8(10)13/h4-5H,2-3H2,1H3,(H,14,15). The Bertz CT molecular complexity index is 359. The van der Waals surface area contributed by atoms with Crippen LogP contribution in [0.25, 0.3) is 0 Å². The van der Waals surface area contributed by atoms with E-state index in [-0.39, 0.29) is 5.91 Å². The number of rotatable bonds is 3. The van der Waals surface area contributed by atoms with Crippen molar-refractivity contribution in [3.63, 3.8) is 0 Å². The van der Waals surface area contributed by atoms with Crippen molar-refractivity contribution >= 4 is 50.7 Å². The molecule has 15 heavy (non-hydrogen) atoms. The topological polar surface area (TPSA) is 29.1 Å². The number of hydrogen-bond acceptors (Lipinski definition) is 1. The van der Waals surface area contributed by atoms with E-state index in [4.69, 9.17) is 23.2 Å². The highest BCUT2D eigenvalue weighted by molar-refractivity contribution is 9.10. The van der Waals surface area contributed by atoms with Gasteiger partial charge in [-0.15, -0.1) is 0 Å². The summed E-state index contributed by atoms with van der Waals surface area (Å²) in [5.41, 5.74) is 0.472. The fraction of sp³-hybridized carbons (Fsp3) is 0.300. The third-order valence-corrected chi connectivity index (χ3v) is 2.80. The highest BCUT2D eigenvalue weighted by atomic mass is 79.9. The molecule has 1 aromatic carbocycles. The lowest BCUT2D eigenvalue weighted by Gasteiger charge is -2.09. The second-order valence-electron chi connectivity index (χ2n) is 3.04. The highest BCUT2D eigenvalue weighted by Crippen LogP contribution is 2.33. The smallest absolute Gasteiger partial charge is 0.224 e. The van der Waals surface area contributed by atoms with Crippen molar-refractivity contribution in [2.75, 3.05) is 5.32 Å². The van der Waals surface area contributed by atoms with Crippen molar-refractivity contribution in [2.24, 2.45) is 0 Å². The van der Waals surface area contributed by atoms with Gasteiger partial charge in [-0.3, -0.25) is 4.79 Å². The van der Waals surface area contributed by atoms with Crippen LogP contribution in [0.2, 0.25) is 10.0 Å². The van der Waals surface area contributed by atoms with Gasteiger partial charge in [-0.25, -0.2) is 0 Å². The first kappa shape index (κ1) is 12.8. The molecule has 0 atom stereocenters. The van der Waals surface area contributed by atoms with E-state index in [1.54, 1.807) is 12.1 Å². The minimum atomic E-state index is -0.0800. The van der Waals surface area contributed by atoms with E-state index < -0.39 is 0 Å². The Morgan fingerprint density at radius 3 is 2.40 bits per heavy atom. The molecule has 1 amide bonds. The summed E-state index contributed by atoms with van der Waals surface area (Å²) in [4.78, 5) is 11.4. The van der Waals surface area contributed by atoms with Gasteiger partial charge in [-0.1, -0.05) is 46.1 Å². The van der Waals surface area contributed by atoms with Gasteiger partial charge in [0, 0.05) is 10.9 Å². The SMILES string of the molecule is CCCC(=O)Nc1c(Cl)cc(Br)cc1Cl. The summed E-state index contributed by atoms with van der Waals surface area (Å²) in [6.45, 7) is 1.93. The van der Waals surface area contributed by atoms with E-state index in [0.717, 1.165) is 10.9 Å². The lowest BCUT2D eigenvalue weighted by molar-refractivity contribution is -0.116.